The predicted octanol–water partition coefficient (Wildman–Crippen LogP) is 5.20. The number of rotatable bonds is 5. The number of pyridine rings is 1. The smallest absolute Gasteiger partial charge is 0.435 e. The summed E-state index contributed by atoms with van der Waals surface area (Å²) < 4.78 is 21.3. The number of amides is 2. The Bertz CT molecular complexity index is 1520. The minimum absolute atomic E-state index is 0.0638. The van der Waals surface area contributed by atoms with Crippen molar-refractivity contribution >= 4 is 40.5 Å². The molecule has 0 unspecified atom stereocenters. The maximum atomic E-state index is 14.8. The third kappa shape index (κ3) is 5.77. The second kappa shape index (κ2) is 11.3. The van der Waals surface area contributed by atoms with Gasteiger partial charge in [0, 0.05) is 12.0 Å². The number of ether oxygens (including phenoxy) is 1. The summed E-state index contributed by atoms with van der Waals surface area (Å²) in [6, 6.07) is 9.18. The van der Waals surface area contributed by atoms with Gasteiger partial charge in [-0.2, -0.15) is 9.78 Å². The van der Waals surface area contributed by atoms with Gasteiger partial charge in [-0.1, -0.05) is 43.5 Å². The van der Waals surface area contributed by atoms with Gasteiger partial charge in [0.25, 0.3) is 0 Å². The molecule has 1 aromatic carbocycles. The molecule has 3 heterocycles. The lowest BCUT2D eigenvalue weighted by Gasteiger charge is -2.40. The lowest BCUT2D eigenvalue weighted by Crippen LogP contribution is -2.52. The quantitative estimate of drug-likeness (QED) is 0.414. The molecule has 0 bridgehead atoms. The number of benzene rings is 1. The molecule has 1 N–H and O–H groups in total. The third-order valence-corrected chi connectivity index (χ3v) is 8.02. The summed E-state index contributed by atoms with van der Waals surface area (Å²) in [6.45, 7) is 6.58. The average molecular weight is 578 g/mol. The SMILES string of the molecule is CC(=O)c1ccc(C2(C(=O)N3C[C@H](F)C[C@@H]3C(=O)Nc3ccc4c(cnn4C(=O)OC(C)(C)C)n3)CCCCC2)cc1. The molecule has 2 aliphatic rings. The summed E-state index contributed by atoms with van der Waals surface area (Å²) in [5.41, 5.74) is 0.511. The number of ketones is 1. The van der Waals surface area contributed by atoms with Crippen LogP contribution in [-0.4, -0.2) is 67.7 Å². The molecule has 2 amide bonds. The van der Waals surface area contributed by atoms with E-state index in [-0.39, 0.29) is 30.5 Å². The van der Waals surface area contributed by atoms with E-state index in [0.717, 1.165) is 29.5 Å². The van der Waals surface area contributed by atoms with Crippen molar-refractivity contribution in [1.29, 1.82) is 0 Å². The van der Waals surface area contributed by atoms with Crippen LogP contribution in [0.5, 0.6) is 0 Å². The molecule has 1 saturated heterocycles. The van der Waals surface area contributed by atoms with Crippen LogP contribution in [0.25, 0.3) is 11.0 Å². The van der Waals surface area contributed by atoms with Crippen molar-refractivity contribution in [3.63, 3.8) is 0 Å². The Morgan fingerprint density at radius 2 is 1.71 bits per heavy atom. The van der Waals surface area contributed by atoms with Gasteiger partial charge in [-0.05, 0) is 58.2 Å². The summed E-state index contributed by atoms with van der Waals surface area (Å²) in [5.74, 6) is -0.669. The van der Waals surface area contributed by atoms with Crippen LogP contribution in [0.3, 0.4) is 0 Å². The number of hydrogen-bond acceptors (Lipinski definition) is 7. The normalized spacial score (nSPS) is 20.4. The van der Waals surface area contributed by atoms with Crippen molar-refractivity contribution in [3.8, 4) is 0 Å². The van der Waals surface area contributed by atoms with E-state index in [0.29, 0.717) is 29.4 Å². The van der Waals surface area contributed by atoms with E-state index in [1.165, 1.54) is 24.1 Å². The third-order valence-electron chi connectivity index (χ3n) is 8.02. The Kier molecular flexibility index (Phi) is 7.87. The van der Waals surface area contributed by atoms with Gasteiger partial charge in [-0.25, -0.2) is 14.2 Å². The fraction of sp³-hybridized carbons (Fsp3) is 0.484. The summed E-state index contributed by atoms with van der Waals surface area (Å²) in [6.07, 6.45) is 3.13. The summed E-state index contributed by atoms with van der Waals surface area (Å²) in [4.78, 5) is 57.8. The largest absolute Gasteiger partial charge is 0.442 e. The molecule has 0 radical (unpaired) electrons. The number of anilines is 1. The molecule has 222 valence electrons. The fourth-order valence-corrected chi connectivity index (χ4v) is 5.98. The molecule has 42 heavy (non-hydrogen) atoms. The highest BCUT2D eigenvalue weighted by molar-refractivity contribution is 6.00. The molecular weight excluding hydrogens is 541 g/mol. The Morgan fingerprint density at radius 1 is 1.02 bits per heavy atom. The maximum absolute atomic E-state index is 14.8. The first kappa shape index (κ1) is 29.3. The molecule has 0 spiro atoms. The van der Waals surface area contributed by atoms with Gasteiger partial charge in [0.05, 0.1) is 23.7 Å². The predicted molar refractivity (Wildman–Crippen MR) is 154 cm³/mol. The molecule has 2 atom stereocenters. The minimum atomic E-state index is -1.34. The first-order valence-corrected chi connectivity index (χ1v) is 14.3. The van der Waals surface area contributed by atoms with Gasteiger partial charge in [0.15, 0.2) is 5.78 Å². The highest BCUT2D eigenvalue weighted by Crippen LogP contribution is 2.43. The Balaban J connectivity index is 1.37. The molecule has 11 heteroatoms. The van der Waals surface area contributed by atoms with Crippen LogP contribution in [0.2, 0.25) is 0 Å². The topological polar surface area (TPSA) is 123 Å². The standard InChI is InChI=1S/C31H36FN5O5/c1-19(38)20-8-10-21(11-9-20)31(14-6-5-7-15-31)28(40)36-18-22(32)16-25(36)27(39)35-26-13-12-24-23(34-26)17-33-37(24)29(41)42-30(2,3)4/h8-13,17,22,25H,5-7,14-16,18H2,1-4H3,(H,34,35,39)/t22-,25-/m1/s1. The number of carbonyl (C=O) groups is 4. The number of likely N-dealkylation sites (tertiary alicyclic amines) is 1. The minimum Gasteiger partial charge on any atom is -0.442 e. The van der Waals surface area contributed by atoms with Gasteiger partial charge in [-0.15, -0.1) is 0 Å². The zero-order valence-corrected chi connectivity index (χ0v) is 24.4. The Labute approximate surface area is 243 Å². The van der Waals surface area contributed by atoms with Crippen molar-refractivity contribution in [2.45, 2.75) is 89.4 Å². The molecule has 5 rings (SSSR count). The van der Waals surface area contributed by atoms with E-state index >= 15 is 0 Å². The van der Waals surface area contributed by atoms with Crippen LogP contribution in [-0.2, 0) is 19.7 Å². The lowest BCUT2D eigenvalue weighted by molar-refractivity contribution is -0.143. The molecule has 1 aliphatic heterocycles. The first-order valence-electron chi connectivity index (χ1n) is 14.3. The molecule has 2 fully saturated rings. The highest BCUT2D eigenvalue weighted by atomic mass is 19.1. The van der Waals surface area contributed by atoms with E-state index in [1.54, 1.807) is 39.0 Å². The Hall–Kier alpha value is -4.15. The first-order chi connectivity index (χ1) is 19.9. The van der Waals surface area contributed by atoms with Crippen molar-refractivity contribution in [3.05, 3.63) is 53.7 Å². The highest BCUT2D eigenvalue weighted by Gasteiger charge is 2.49. The maximum Gasteiger partial charge on any atom is 0.435 e. The fourth-order valence-electron chi connectivity index (χ4n) is 5.98. The summed E-state index contributed by atoms with van der Waals surface area (Å²) in [7, 11) is 0. The average Bonchev–Trinajstić information content (AvgIpc) is 3.55. The van der Waals surface area contributed by atoms with Crippen molar-refractivity contribution in [1.82, 2.24) is 19.7 Å². The van der Waals surface area contributed by atoms with Gasteiger partial charge in [0.2, 0.25) is 11.8 Å². The van der Waals surface area contributed by atoms with Gasteiger partial charge in [-0.3, -0.25) is 14.4 Å². The van der Waals surface area contributed by atoms with Crippen LogP contribution in [0.1, 0.15) is 82.1 Å². The molecule has 1 aliphatic carbocycles. The molecule has 2 aromatic heterocycles. The number of aromatic nitrogens is 3. The number of nitrogens with zero attached hydrogens (tertiary/aromatic N) is 4. The second-order valence-electron chi connectivity index (χ2n) is 12.2. The number of hydrogen-bond donors (Lipinski definition) is 1. The number of Topliss-reactive ketones (excluding diaryl/α,β-unsaturated/α-hetero) is 1. The number of carbonyl (C=O) groups excluding carboxylic acids is 4. The van der Waals surface area contributed by atoms with Crippen molar-refractivity contribution < 1.29 is 28.3 Å². The monoisotopic (exact) mass is 577 g/mol. The summed E-state index contributed by atoms with van der Waals surface area (Å²) >= 11 is 0. The summed E-state index contributed by atoms with van der Waals surface area (Å²) in [5, 5.41) is 6.80. The van der Waals surface area contributed by atoms with E-state index in [1.807, 2.05) is 12.1 Å². The van der Waals surface area contributed by atoms with Crippen LogP contribution < -0.4 is 5.32 Å². The molecule has 3 aromatic rings. The molecule has 10 nitrogen and oxygen atoms in total. The Morgan fingerprint density at radius 3 is 2.36 bits per heavy atom. The van der Waals surface area contributed by atoms with Gasteiger partial charge in [0.1, 0.15) is 29.1 Å². The number of fused-ring (bicyclic) bond motifs is 1. The second-order valence-corrected chi connectivity index (χ2v) is 12.2. The van der Waals surface area contributed by atoms with Crippen molar-refractivity contribution in [2.24, 2.45) is 0 Å². The van der Waals surface area contributed by atoms with E-state index in [4.69, 9.17) is 4.74 Å². The molecular formula is C31H36FN5O5. The zero-order valence-electron chi connectivity index (χ0n) is 24.4. The van der Waals surface area contributed by atoms with Crippen LogP contribution in [0, 0.1) is 0 Å². The number of nitrogens with one attached hydrogen (secondary N) is 1. The van der Waals surface area contributed by atoms with Gasteiger partial charge < -0.3 is 15.0 Å². The van der Waals surface area contributed by atoms with Gasteiger partial charge >= 0.3 is 6.09 Å². The van der Waals surface area contributed by atoms with E-state index in [2.05, 4.69) is 15.4 Å². The van der Waals surface area contributed by atoms with Crippen LogP contribution in [0.4, 0.5) is 15.0 Å². The number of alkyl halides is 1. The number of halogens is 1. The van der Waals surface area contributed by atoms with E-state index in [9.17, 15) is 23.6 Å². The molecule has 1 saturated carbocycles. The van der Waals surface area contributed by atoms with E-state index < -0.39 is 35.2 Å². The van der Waals surface area contributed by atoms with Crippen LogP contribution in [0.15, 0.2) is 42.6 Å². The van der Waals surface area contributed by atoms with Crippen molar-refractivity contribution in [2.75, 3.05) is 11.9 Å². The lowest BCUT2D eigenvalue weighted by atomic mass is 9.68. The zero-order chi connectivity index (χ0) is 30.2. The van der Waals surface area contributed by atoms with Crippen LogP contribution >= 0.6 is 0 Å².